The van der Waals surface area contributed by atoms with Crippen LogP contribution in [0, 0.1) is 5.92 Å². The predicted octanol–water partition coefficient (Wildman–Crippen LogP) is 1.39. The van der Waals surface area contributed by atoms with Crippen molar-refractivity contribution in [3.63, 3.8) is 0 Å². The highest BCUT2D eigenvalue weighted by Gasteiger charge is 2.45. The molecule has 26 heavy (non-hydrogen) atoms. The summed E-state index contributed by atoms with van der Waals surface area (Å²) >= 11 is 0. The van der Waals surface area contributed by atoms with Crippen molar-refractivity contribution in [1.29, 1.82) is 0 Å². The van der Waals surface area contributed by atoms with Gasteiger partial charge in [0.25, 0.3) is 0 Å². The first-order chi connectivity index (χ1) is 12.7. The average molecular weight is 359 g/mol. The minimum absolute atomic E-state index is 0.0430. The summed E-state index contributed by atoms with van der Waals surface area (Å²) < 4.78 is 5.18. The number of ether oxygens (including phenoxy) is 1. The number of piperazine rings is 1. The lowest BCUT2D eigenvalue weighted by Gasteiger charge is -2.37. The van der Waals surface area contributed by atoms with Crippen molar-refractivity contribution in [3.8, 4) is 0 Å². The Labute approximate surface area is 155 Å². The first-order valence-electron chi connectivity index (χ1n) is 9.50. The van der Waals surface area contributed by atoms with Crippen LogP contribution in [0.1, 0.15) is 24.9 Å². The molecule has 0 N–H and O–H groups in total. The Bertz CT molecular complexity index is 614. The van der Waals surface area contributed by atoms with Gasteiger partial charge in [-0.15, -0.1) is 0 Å². The summed E-state index contributed by atoms with van der Waals surface area (Å²) in [5.74, 6) is -0.153. The molecular weight excluding hydrogens is 330 g/mol. The maximum atomic E-state index is 13.2. The third kappa shape index (κ3) is 3.91. The summed E-state index contributed by atoms with van der Waals surface area (Å²) in [4.78, 5) is 32.0. The summed E-state index contributed by atoms with van der Waals surface area (Å²) in [5, 5.41) is 0. The molecule has 0 aromatic heterocycles. The number of methoxy groups -OCH3 is 1. The second kappa shape index (κ2) is 8.64. The lowest BCUT2D eigenvalue weighted by molar-refractivity contribution is -0.138. The highest BCUT2D eigenvalue weighted by Crippen LogP contribution is 2.39. The van der Waals surface area contributed by atoms with Crippen molar-refractivity contribution in [2.45, 2.75) is 19.4 Å². The van der Waals surface area contributed by atoms with E-state index in [2.05, 4.69) is 11.8 Å². The molecule has 6 heteroatoms. The summed E-state index contributed by atoms with van der Waals surface area (Å²) in [6.07, 6.45) is 0.288. The fourth-order valence-corrected chi connectivity index (χ4v) is 4.05. The van der Waals surface area contributed by atoms with Crippen molar-refractivity contribution in [2.75, 3.05) is 53.0 Å². The lowest BCUT2D eigenvalue weighted by Crippen LogP contribution is -2.50. The largest absolute Gasteiger partial charge is 0.383 e. The second-order valence-electron chi connectivity index (χ2n) is 7.01. The molecule has 0 spiro atoms. The third-order valence-corrected chi connectivity index (χ3v) is 5.56. The van der Waals surface area contributed by atoms with Crippen molar-refractivity contribution in [1.82, 2.24) is 14.7 Å². The molecule has 1 aromatic rings. The van der Waals surface area contributed by atoms with Crippen LogP contribution in [0.2, 0.25) is 0 Å². The van der Waals surface area contributed by atoms with Gasteiger partial charge in [-0.25, -0.2) is 0 Å². The SMILES string of the molecule is CCN1CCN(C(=O)[C@@H]2CC(=O)N(CCOC)[C@H]2c2ccccc2)CC1. The van der Waals surface area contributed by atoms with Crippen LogP contribution >= 0.6 is 0 Å². The van der Waals surface area contributed by atoms with E-state index in [-0.39, 0.29) is 30.2 Å². The van der Waals surface area contributed by atoms with Crippen LogP contribution in [0.3, 0.4) is 0 Å². The molecule has 2 amide bonds. The Morgan fingerprint density at radius 1 is 1.15 bits per heavy atom. The Kier molecular flexibility index (Phi) is 6.27. The zero-order valence-electron chi connectivity index (χ0n) is 15.8. The molecule has 2 aliphatic heterocycles. The monoisotopic (exact) mass is 359 g/mol. The average Bonchev–Trinajstić information content (AvgIpc) is 3.02. The molecule has 2 fully saturated rings. The molecule has 2 atom stereocenters. The van der Waals surface area contributed by atoms with Crippen LogP contribution in [0.4, 0.5) is 0 Å². The molecule has 0 bridgehead atoms. The number of carbonyl (C=O) groups is 2. The highest BCUT2D eigenvalue weighted by atomic mass is 16.5. The van der Waals surface area contributed by atoms with E-state index in [0.29, 0.717) is 13.2 Å². The summed E-state index contributed by atoms with van der Waals surface area (Å²) in [6.45, 7) is 7.47. The molecule has 2 saturated heterocycles. The molecule has 1 aromatic carbocycles. The van der Waals surface area contributed by atoms with E-state index in [4.69, 9.17) is 4.74 Å². The van der Waals surface area contributed by atoms with Gasteiger partial charge < -0.3 is 19.4 Å². The van der Waals surface area contributed by atoms with Gasteiger partial charge in [0.2, 0.25) is 11.8 Å². The quantitative estimate of drug-likeness (QED) is 0.770. The molecule has 3 rings (SSSR count). The van der Waals surface area contributed by atoms with Crippen molar-refractivity contribution in [2.24, 2.45) is 5.92 Å². The van der Waals surface area contributed by atoms with Gasteiger partial charge in [0.15, 0.2) is 0 Å². The van der Waals surface area contributed by atoms with E-state index >= 15 is 0 Å². The van der Waals surface area contributed by atoms with Crippen LogP contribution in [-0.2, 0) is 14.3 Å². The van der Waals surface area contributed by atoms with Crippen molar-refractivity contribution >= 4 is 11.8 Å². The van der Waals surface area contributed by atoms with Gasteiger partial charge in [-0.05, 0) is 12.1 Å². The first kappa shape index (κ1) is 18.9. The van der Waals surface area contributed by atoms with Gasteiger partial charge in [-0.1, -0.05) is 37.3 Å². The van der Waals surface area contributed by atoms with Crippen LogP contribution in [0.15, 0.2) is 30.3 Å². The van der Waals surface area contributed by atoms with Crippen LogP contribution in [0.25, 0.3) is 0 Å². The van der Waals surface area contributed by atoms with Crippen LogP contribution in [0.5, 0.6) is 0 Å². The first-order valence-corrected chi connectivity index (χ1v) is 9.50. The maximum absolute atomic E-state index is 13.2. The zero-order valence-corrected chi connectivity index (χ0v) is 15.8. The number of nitrogens with zero attached hydrogens (tertiary/aromatic N) is 3. The molecular formula is C20H29N3O3. The number of likely N-dealkylation sites (N-methyl/N-ethyl adjacent to an activating group) is 1. The van der Waals surface area contributed by atoms with E-state index in [0.717, 1.165) is 38.3 Å². The molecule has 0 saturated carbocycles. The van der Waals surface area contributed by atoms with E-state index in [9.17, 15) is 9.59 Å². The second-order valence-corrected chi connectivity index (χ2v) is 7.01. The molecule has 2 heterocycles. The standard InChI is InChI=1S/C20H29N3O3/c1-3-21-9-11-22(12-10-21)20(25)17-15-18(24)23(13-14-26-2)19(17)16-7-5-4-6-8-16/h4-8,17,19H,3,9-15H2,1-2H3/t17-,19+/m1/s1. The fraction of sp³-hybridized carbons (Fsp3) is 0.600. The van der Waals surface area contributed by atoms with Crippen molar-refractivity contribution < 1.29 is 14.3 Å². The topological polar surface area (TPSA) is 53.1 Å². The number of hydrogen-bond donors (Lipinski definition) is 0. The molecule has 142 valence electrons. The molecule has 0 radical (unpaired) electrons. The van der Waals surface area contributed by atoms with E-state index in [1.807, 2.05) is 40.1 Å². The molecule has 6 nitrogen and oxygen atoms in total. The summed E-state index contributed by atoms with van der Waals surface area (Å²) in [5.41, 5.74) is 1.03. The number of carbonyl (C=O) groups excluding carboxylic acids is 2. The van der Waals surface area contributed by atoms with Gasteiger partial charge in [-0.3, -0.25) is 9.59 Å². The smallest absolute Gasteiger partial charge is 0.228 e. The third-order valence-electron chi connectivity index (χ3n) is 5.56. The Morgan fingerprint density at radius 2 is 1.85 bits per heavy atom. The molecule has 2 aliphatic rings. The molecule has 0 aliphatic carbocycles. The van der Waals surface area contributed by atoms with Crippen LogP contribution in [-0.4, -0.2) is 79.5 Å². The van der Waals surface area contributed by atoms with E-state index in [1.165, 1.54) is 0 Å². The van der Waals surface area contributed by atoms with Gasteiger partial charge in [-0.2, -0.15) is 0 Å². The summed E-state index contributed by atoms with van der Waals surface area (Å²) in [7, 11) is 1.63. The Morgan fingerprint density at radius 3 is 2.46 bits per heavy atom. The Hall–Kier alpha value is -1.92. The predicted molar refractivity (Wildman–Crippen MR) is 99.6 cm³/mol. The number of hydrogen-bond acceptors (Lipinski definition) is 4. The minimum atomic E-state index is -0.310. The Balaban J connectivity index is 1.80. The van der Waals surface area contributed by atoms with Gasteiger partial charge in [0.1, 0.15) is 0 Å². The van der Waals surface area contributed by atoms with E-state index in [1.54, 1.807) is 7.11 Å². The normalized spacial score (nSPS) is 24.3. The van der Waals surface area contributed by atoms with Crippen molar-refractivity contribution in [3.05, 3.63) is 35.9 Å². The van der Waals surface area contributed by atoms with Gasteiger partial charge in [0, 0.05) is 46.3 Å². The minimum Gasteiger partial charge on any atom is -0.383 e. The number of likely N-dealkylation sites (tertiary alicyclic amines) is 1. The lowest BCUT2D eigenvalue weighted by atomic mass is 9.92. The highest BCUT2D eigenvalue weighted by molar-refractivity contribution is 5.90. The van der Waals surface area contributed by atoms with E-state index < -0.39 is 0 Å². The van der Waals surface area contributed by atoms with Crippen LogP contribution < -0.4 is 0 Å². The van der Waals surface area contributed by atoms with Gasteiger partial charge in [0.05, 0.1) is 18.6 Å². The molecule has 0 unspecified atom stereocenters. The summed E-state index contributed by atoms with van der Waals surface area (Å²) in [6, 6.07) is 9.72. The number of rotatable bonds is 6. The number of amides is 2. The number of benzene rings is 1. The maximum Gasteiger partial charge on any atom is 0.228 e. The fourth-order valence-electron chi connectivity index (χ4n) is 4.05. The zero-order chi connectivity index (χ0) is 18.5. The van der Waals surface area contributed by atoms with Gasteiger partial charge >= 0.3 is 0 Å².